The SMILES string of the molecule is COc1ccc(-n2c(C)nnc2SCC(=O)Nc2ccc(OC)c(OC)c2)cc1. The Bertz CT molecular complexity index is 989. The van der Waals surface area contributed by atoms with Crippen LogP contribution in [-0.4, -0.2) is 47.8 Å². The summed E-state index contributed by atoms with van der Waals surface area (Å²) < 4.78 is 17.6. The van der Waals surface area contributed by atoms with Crippen LogP contribution in [-0.2, 0) is 4.79 Å². The largest absolute Gasteiger partial charge is 0.497 e. The van der Waals surface area contributed by atoms with Crippen LogP contribution in [0.4, 0.5) is 5.69 Å². The first-order valence-electron chi connectivity index (χ1n) is 8.77. The molecule has 0 spiro atoms. The van der Waals surface area contributed by atoms with E-state index >= 15 is 0 Å². The Balaban J connectivity index is 1.68. The fourth-order valence-corrected chi connectivity index (χ4v) is 3.50. The Labute approximate surface area is 173 Å². The molecule has 0 unspecified atom stereocenters. The maximum absolute atomic E-state index is 12.4. The number of nitrogens with one attached hydrogen (secondary N) is 1. The van der Waals surface area contributed by atoms with E-state index in [1.165, 1.54) is 11.8 Å². The summed E-state index contributed by atoms with van der Waals surface area (Å²) in [5.41, 5.74) is 1.53. The van der Waals surface area contributed by atoms with Crippen LogP contribution in [0, 0.1) is 6.92 Å². The number of anilines is 1. The third-order valence-corrected chi connectivity index (χ3v) is 5.05. The number of hydrogen-bond donors (Lipinski definition) is 1. The third-order valence-electron chi connectivity index (χ3n) is 4.13. The molecule has 1 heterocycles. The maximum atomic E-state index is 12.4. The third kappa shape index (κ3) is 4.80. The van der Waals surface area contributed by atoms with E-state index in [4.69, 9.17) is 14.2 Å². The Morgan fingerprint density at radius 3 is 2.38 bits per heavy atom. The number of carbonyl (C=O) groups is 1. The number of thioether (sulfide) groups is 1. The minimum atomic E-state index is -0.163. The molecule has 1 amide bonds. The van der Waals surface area contributed by atoms with Crippen molar-refractivity contribution in [3.05, 3.63) is 48.3 Å². The van der Waals surface area contributed by atoms with Crippen molar-refractivity contribution in [1.29, 1.82) is 0 Å². The van der Waals surface area contributed by atoms with Crippen molar-refractivity contribution in [3.63, 3.8) is 0 Å². The molecule has 0 bridgehead atoms. The van der Waals surface area contributed by atoms with Gasteiger partial charge in [0.1, 0.15) is 11.6 Å². The first-order valence-corrected chi connectivity index (χ1v) is 9.75. The van der Waals surface area contributed by atoms with Crippen molar-refractivity contribution >= 4 is 23.4 Å². The summed E-state index contributed by atoms with van der Waals surface area (Å²) in [4.78, 5) is 12.4. The standard InChI is InChI=1S/C20H22N4O4S/c1-13-22-23-20(24(13)15-6-8-16(26-2)9-7-15)29-12-19(25)21-14-5-10-17(27-3)18(11-14)28-4/h5-11H,12H2,1-4H3,(H,21,25). The van der Waals surface area contributed by atoms with Gasteiger partial charge in [-0.15, -0.1) is 10.2 Å². The number of amides is 1. The van der Waals surface area contributed by atoms with E-state index in [9.17, 15) is 4.79 Å². The summed E-state index contributed by atoms with van der Waals surface area (Å²) in [6, 6.07) is 12.8. The van der Waals surface area contributed by atoms with E-state index in [2.05, 4.69) is 15.5 Å². The Kier molecular flexibility index (Phi) is 6.61. The lowest BCUT2D eigenvalue weighted by molar-refractivity contribution is -0.113. The lowest BCUT2D eigenvalue weighted by atomic mass is 10.2. The van der Waals surface area contributed by atoms with E-state index in [1.54, 1.807) is 39.5 Å². The molecule has 0 aliphatic rings. The number of aryl methyl sites for hydroxylation is 1. The minimum Gasteiger partial charge on any atom is -0.497 e. The zero-order valence-corrected chi connectivity index (χ0v) is 17.4. The Hall–Kier alpha value is -3.20. The summed E-state index contributed by atoms with van der Waals surface area (Å²) in [5.74, 6) is 2.67. The van der Waals surface area contributed by atoms with Gasteiger partial charge in [-0.3, -0.25) is 9.36 Å². The lowest BCUT2D eigenvalue weighted by Gasteiger charge is -2.11. The predicted molar refractivity (Wildman–Crippen MR) is 112 cm³/mol. The van der Waals surface area contributed by atoms with Crippen LogP contribution in [0.3, 0.4) is 0 Å². The van der Waals surface area contributed by atoms with E-state index in [0.29, 0.717) is 22.3 Å². The van der Waals surface area contributed by atoms with Crippen LogP contribution in [0.25, 0.3) is 5.69 Å². The number of aromatic nitrogens is 3. The van der Waals surface area contributed by atoms with E-state index in [0.717, 1.165) is 17.3 Å². The van der Waals surface area contributed by atoms with Crippen molar-refractivity contribution in [2.24, 2.45) is 0 Å². The molecule has 0 aliphatic heterocycles. The molecule has 0 fully saturated rings. The fraction of sp³-hybridized carbons (Fsp3) is 0.250. The van der Waals surface area contributed by atoms with Gasteiger partial charge in [-0.1, -0.05) is 11.8 Å². The van der Waals surface area contributed by atoms with Crippen molar-refractivity contribution in [1.82, 2.24) is 14.8 Å². The molecule has 0 aliphatic carbocycles. The highest BCUT2D eigenvalue weighted by Crippen LogP contribution is 2.30. The number of ether oxygens (including phenoxy) is 3. The Morgan fingerprint density at radius 1 is 1.00 bits per heavy atom. The molecule has 3 rings (SSSR count). The molecule has 1 N–H and O–H groups in total. The zero-order valence-electron chi connectivity index (χ0n) is 16.6. The highest BCUT2D eigenvalue weighted by atomic mass is 32.2. The molecule has 29 heavy (non-hydrogen) atoms. The highest BCUT2D eigenvalue weighted by molar-refractivity contribution is 7.99. The molecular formula is C20H22N4O4S. The monoisotopic (exact) mass is 414 g/mol. The molecule has 0 radical (unpaired) electrons. The van der Waals surface area contributed by atoms with Gasteiger partial charge in [0.2, 0.25) is 5.91 Å². The second-order valence-corrected chi connectivity index (χ2v) is 6.91. The first kappa shape index (κ1) is 20.5. The van der Waals surface area contributed by atoms with Crippen molar-refractivity contribution in [3.8, 4) is 22.9 Å². The fourth-order valence-electron chi connectivity index (χ4n) is 2.71. The second kappa shape index (κ2) is 9.33. The number of benzene rings is 2. The maximum Gasteiger partial charge on any atom is 0.234 e. The summed E-state index contributed by atoms with van der Waals surface area (Å²) in [7, 11) is 4.73. The van der Waals surface area contributed by atoms with Crippen LogP contribution in [0.5, 0.6) is 17.2 Å². The summed E-state index contributed by atoms with van der Waals surface area (Å²) in [5, 5.41) is 11.8. The van der Waals surface area contributed by atoms with Gasteiger partial charge in [-0.25, -0.2) is 0 Å². The highest BCUT2D eigenvalue weighted by Gasteiger charge is 2.14. The van der Waals surface area contributed by atoms with Crippen LogP contribution >= 0.6 is 11.8 Å². The molecule has 8 nitrogen and oxygen atoms in total. The van der Waals surface area contributed by atoms with Crippen molar-refractivity contribution in [2.45, 2.75) is 12.1 Å². The predicted octanol–water partition coefficient (Wildman–Crippen LogP) is 3.33. The van der Waals surface area contributed by atoms with Crippen molar-refractivity contribution < 1.29 is 19.0 Å². The van der Waals surface area contributed by atoms with Crippen LogP contribution in [0.2, 0.25) is 0 Å². The molecule has 9 heteroatoms. The molecule has 0 atom stereocenters. The quantitative estimate of drug-likeness (QED) is 0.566. The number of rotatable bonds is 8. The molecule has 2 aromatic carbocycles. The first-order chi connectivity index (χ1) is 14.0. The van der Waals surface area contributed by atoms with Gasteiger partial charge in [0, 0.05) is 17.4 Å². The molecule has 1 aromatic heterocycles. The van der Waals surface area contributed by atoms with Gasteiger partial charge < -0.3 is 19.5 Å². The van der Waals surface area contributed by atoms with Gasteiger partial charge >= 0.3 is 0 Å². The van der Waals surface area contributed by atoms with E-state index < -0.39 is 0 Å². The Morgan fingerprint density at radius 2 is 1.72 bits per heavy atom. The average Bonchev–Trinajstić information content (AvgIpc) is 3.12. The topological polar surface area (TPSA) is 87.5 Å². The van der Waals surface area contributed by atoms with Gasteiger partial charge in [0.15, 0.2) is 16.7 Å². The van der Waals surface area contributed by atoms with Crippen molar-refractivity contribution in [2.75, 3.05) is 32.4 Å². The number of methoxy groups -OCH3 is 3. The summed E-state index contributed by atoms with van der Waals surface area (Å²) in [6.45, 7) is 1.87. The van der Waals surface area contributed by atoms with Crippen LogP contribution in [0.1, 0.15) is 5.82 Å². The number of nitrogens with zero attached hydrogens (tertiary/aromatic N) is 3. The molecule has 0 saturated carbocycles. The van der Waals surface area contributed by atoms with Gasteiger partial charge in [0.05, 0.1) is 27.1 Å². The molecular weight excluding hydrogens is 392 g/mol. The van der Waals surface area contributed by atoms with E-state index in [-0.39, 0.29) is 11.7 Å². The number of carbonyl (C=O) groups excluding carboxylic acids is 1. The molecule has 3 aromatic rings. The average molecular weight is 414 g/mol. The minimum absolute atomic E-state index is 0.163. The van der Waals surface area contributed by atoms with Crippen LogP contribution in [0.15, 0.2) is 47.6 Å². The van der Waals surface area contributed by atoms with Crippen LogP contribution < -0.4 is 19.5 Å². The zero-order chi connectivity index (χ0) is 20.8. The lowest BCUT2D eigenvalue weighted by Crippen LogP contribution is -2.14. The second-order valence-electron chi connectivity index (χ2n) is 5.97. The number of hydrogen-bond acceptors (Lipinski definition) is 7. The molecule has 0 saturated heterocycles. The summed E-state index contributed by atoms with van der Waals surface area (Å²) in [6.07, 6.45) is 0. The smallest absolute Gasteiger partial charge is 0.234 e. The van der Waals surface area contributed by atoms with Gasteiger partial charge in [0.25, 0.3) is 0 Å². The normalized spacial score (nSPS) is 10.5. The van der Waals surface area contributed by atoms with E-state index in [1.807, 2.05) is 35.8 Å². The summed E-state index contributed by atoms with van der Waals surface area (Å²) >= 11 is 1.31. The van der Waals surface area contributed by atoms with Gasteiger partial charge in [-0.2, -0.15) is 0 Å². The molecule has 152 valence electrons. The van der Waals surface area contributed by atoms with Gasteiger partial charge in [-0.05, 0) is 43.3 Å².